The first kappa shape index (κ1) is 45.1. The molecule has 1 atom stereocenters. The van der Waals surface area contributed by atoms with Gasteiger partial charge in [0.2, 0.25) is 0 Å². The number of aliphatic carboxylic acids is 3. The Morgan fingerprint density at radius 3 is 1.85 bits per heavy atom. The molecule has 54 heavy (non-hydrogen) atoms. The largest absolute Gasteiger partial charge is 0.490 e. The molecule has 1 aliphatic heterocycles. The summed E-state index contributed by atoms with van der Waals surface area (Å²) in [5.41, 5.74) is 2.36. The summed E-state index contributed by atoms with van der Waals surface area (Å²) in [6.45, 7) is 9.30. The van der Waals surface area contributed by atoms with Crippen LogP contribution in [0.15, 0.2) is 42.7 Å². The molecule has 5 rings (SSSR count). The molecule has 0 bridgehead atoms. The van der Waals surface area contributed by atoms with E-state index in [0.29, 0.717) is 24.6 Å². The summed E-state index contributed by atoms with van der Waals surface area (Å²) >= 11 is 0. The second-order valence-electron chi connectivity index (χ2n) is 12.0. The Hall–Kier alpha value is -5.06. The van der Waals surface area contributed by atoms with Gasteiger partial charge in [-0.1, -0.05) is 6.07 Å². The van der Waals surface area contributed by atoms with E-state index in [0.717, 1.165) is 42.7 Å². The number of carboxylic acids is 3. The van der Waals surface area contributed by atoms with Gasteiger partial charge in [0.1, 0.15) is 0 Å². The van der Waals surface area contributed by atoms with E-state index in [4.69, 9.17) is 29.7 Å². The summed E-state index contributed by atoms with van der Waals surface area (Å²) in [6.07, 6.45) is -8.16. The highest BCUT2D eigenvalue weighted by atomic mass is 19.4. The van der Waals surface area contributed by atoms with Gasteiger partial charge in [-0.15, -0.1) is 10.2 Å². The van der Waals surface area contributed by atoms with Crippen molar-refractivity contribution in [3.05, 3.63) is 59.8 Å². The SMILES string of the molecule is CC(C)N1CCN(CC2CC2)CC1c1nnc2ccc(C(=O)NCCc3ccccn3)cn12.O=C(O)C(F)(F)F.O=C(O)C(F)(F)F.O=C(O)C(F)(F)F. The van der Waals surface area contributed by atoms with Crippen LogP contribution in [0.1, 0.15) is 54.6 Å². The van der Waals surface area contributed by atoms with Crippen molar-refractivity contribution in [2.24, 2.45) is 5.92 Å². The van der Waals surface area contributed by atoms with Crippen LogP contribution in [-0.2, 0) is 20.8 Å². The molecule has 0 radical (unpaired) electrons. The molecule has 2 fully saturated rings. The minimum absolute atomic E-state index is 0.0906. The van der Waals surface area contributed by atoms with E-state index in [2.05, 4.69) is 44.1 Å². The third-order valence-electron chi connectivity index (χ3n) is 7.49. The zero-order chi connectivity index (χ0) is 41.0. The first-order valence-corrected chi connectivity index (χ1v) is 15.8. The minimum atomic E-state index is -5.08. The first-order chi connectivity index (χ1) is 24.9. The van der Waals surface area contributed by atoms with Crippen LogP contribution in [0.5, 0.6) is 0 Å². The summed E-state index contributed by atoms with van der Waals surface area (Å²) in [5, 5.41) is 33.4. The van der Waals surface area contributed by atoms with Gasteiger partial charge in [-0.05, 0) is 56.9 Å². The predicted molar refractivity (Wildman–Crippen MR) is 168 cm³/mol. The molecule has 14 nitrogen and oxygen atoms in total. The fourth-order valence-corrected chi connectivity index (χ4v) is 4.76. The summed E-state index contributed by atoms with van der Waals surface area (Å²) in [6, 6.07) is 10.1. The molecular formula is C31H36F9N7O7. The van der Waals surface area contributed by atoms with E-state index in [-0.39, 0.29) is 11.9 Å². The third-order valence-corrected chi connectivity index (χ3v) is 7.49. The Morgan fingerprint density at radius 2 is 1.39 bits per heavy atom. The fraction of sp³-hybridized carbons (Fsp3) is 0.516. The standard InChI is InChI=1S/C25H33N7O.3C2HF3O2/c1-18(2)31-14-13-30(15-19-6-7-19)17-22(31)24-29-28-23-9-8-20(16-32(23)24)25(33)27-12-10-21-5-3-4-11-26-21;3*3-2(4,5)1(6)7/h3-5,8-9,11,16,18-19,22H,6-7,10,12-15,17H2,1-2H3,(H,27,33);3*(H,6,7). The van der Waals surface area contributed by atoms with Gasteiger partial charge in [0, 0.05) is 63.3 Å². The lowest BCUT2D eigenvalue weighted by Gasteiger charge is -2.42. The molecule has 1 aliphatic carbocycles. The van der Waals surface area contributed by atoms with Crippen LogP contribution >= 0.6 is 0 Å². The lowest BCUT2D eigenvalue weighted by atomic mass is 10.1. The van der Waals surface area contributed by atoms with E-state index in [9.17, 15) is 44.3 Å². The highest BCUT2D eigenvalue weighted by Crippen LogP contribution is 2.33. The number of carbonyl (C=O) groups excluding carboxylic acids is 1. The average molecular weight is 790 g/mol. The zero-order valence-corrected chi connectivity index (χ0v) is 28.5. The van der Waals surface area contributed by atoms with Crippen molar-refractivity contribution in [2.75, 3.05) is 32.7 Å². The smallest absolute Gasteiger partial charge is 0.475 e. The molecule has 0 spiro atoms. The van der Waals surface area contributed by atoms with Gasteiger partial charge in [-0.3, -0.25) is 24.0 Å². The third kappa shape index (κ3) is 15.1. The van der Waals surface area contributed by atoms with Crippen LogP contribution in [0.2, 0.25) is 0 Å². The van der Waals surface area contributed by atoms with Crippen LogP contribution in [0.3, 0.4) is 0 Å². The summed E-state index contributed by atoms with van der Waals surface area (Å²) in [4.78, 5) is 48.9. The number of amides is 1. The number of alkyl halides is 9. The number of carbonyl (C=O) groups is 4. The lowest BCUT2D eigenvalue weighted by Crippen LogP contribution is -2.51. The molecule has 23 heteroatoms. The summed E-state index contributed by atoms with van der Waals surface area (Å²) in [5.74, 6) is -6.57. The normalized spacial score (nSPS) is 16.6. The highest BCUT2D eigenvalue weighted by molar-refractivity contribution is 5.94. The van der Waals surface area contributed by atoms with Crippen molar-refractivity contribution in [2.45, 2.75) is 63.7 Å². The Bertz CT molecular complexity index is 1640. The minimum Gasteiger partial charge on any atom is -0.475 e. The Labute approximate surface area is 300 Å². The molecule has 0 aromatic carbocycles. The predicted octanol–water partition coefficient (Wildman–Crippen LogP) is 4.47. The molecule has 1 amide bonds. The Morgan fingerprint density at radius 1 is 0.833 bits per heavy atom. The van der Waals surface area contributed by atoms with E-state index in [1.165, 1.54) is 19.4 Å². The van der Waals surface area contributed by atoms with Crippen LogP contribution < -0.4 is 5.32 Å². The van der Waals surface area contributed by atoms with Crippen molar-refractivity contribution in [3.63, 3.8) is 0 Å². The maximum Gasteiger partial charge on any atom is 0.490 e. The van der Waals surface area contributed by atoms with Crippen LogP contribution in [0, 0.1) is 5.92 Å². The molecule has 1 unspecified atom stereocenters. The summed E-state index contributed by atoms with van der Waals surface area (Å²) < 4.78 is 97.2. The second kappa shape index (κ2) is 19.3. The van der Waals surface area contributed by atoms with Gasteiger partial charge in [0.25, 0.3) is 5.91 Å². The maximum absolute atomic E-state index is 12.8. The number of aromatic nitrogens is 4. The molecule has 4 N–H and O–H groups in total. The van der Waals surface area contributed by atoms with Gasteiger partial charge in [0.05, 0.1) is 11.6 Å². The van der Waals surface area contributed by atoms with Gasteiger partial charge in [-0.25, -0.2) is 14.4 Å². The molecule has 1 saturated heterocycles. The van der Waals surface area contributed by atoms with Crippen LogP contribution in [0.25, 0.3) is 5.65 Å². The van der Waals surface area contributed by atoms with Crippen molar-refractivity contribution < 1.29 is 74.0 Å². The van der Waals surface area contributed by atoms with Crippen molar-refractivity contribution >= 4 is 29.5 Å². The van der Waals surface area contributed by atoms with E-state index < -0.39 is 36.4 Å². The molecule has 3 aromatic heterocycles. The fourth-order valence-electron chi connectivity index (χ4n) is 4.76. The van der Waals surface area contributed by atoms with E-state index in [1.807, 2.05) is 40.9 Å². The highest BCUT2D eigenvalue weighted by Gasteiger charge is 2.40. The van der Waals surface area contributed by atoms with Gasteiger partial charge in [0.15, 0.2) is 11.5 Å². The maximum atomic E-state index is 12.8. The van der Waals surface area contributed by atoms with Gasteiger partial charge < -0.3 is 20.6 Å². The van der Waals surface area contributed by atoms with Crippen LogP contribution in [0.4, 0.5) is 39.5 Å². The van der Waals surface area contributed by atoms with Crippen molar-refractivity contribution in [1.29, 1.82) is 0 Å². The summed E-state index contributed by atoms with van der Waals surface area (Å²) in [7, 11) is 0. The first-order valence-electron chi connectivity index (χ1n) is 15.8. The Kier molecular flexibility index (Phi) is 16.1. The second-order valence-corrected chi connectivity index (χ2v) is 12.0. The van der Waals surface area contributed by atoms with Gasteiger partial charge in [-0.2, -0.15) is 39.5 Å². The number of halogens is 9. The molecule has 3 aromatic rings. The monoisotopic (exact) mass is 789 g/mol. The lowest BCUT2D eigenvalue weighted by molar-refractivity contribution is -0.193. The number of rotatable bonds is 8. The Balaban J connectivity index is 0.000000393. The zero-order valence-electron chi connectivity index (χ0n) is 28.5. The molecular weight excluding hydrogens is 753 g/mol. The number of hydrogen-bond acceptors (Lipinski definition) is 9. The number of nitrogens with one attached hydrogen (secondary N) is 1. The van der Waals surface area contributed by atoms with Crippen molar-refractivity contribution in [1.82, 2.24) is 34.7 Å². The van der Waals surface area contributed by atoms with E-state index in [1.54, 1.807) is 6.20 Å². The number of hydrogen-bond donors (Lipinski definition) is 4. The number of fused-ring (bicyclic) bond motifs is 1. The molecule has 300 valence electrons. The average Bonchev–Trinajstić information content (AvgIpc) is 3.79. The quantitative estimate of drug-likeness (QED) is 0.235. The van der Waals surface area contributed by atoms with Crippen LogP contribution in [-0.4, -0.2) is 126 Å². The number of piperazine rings is 1. The number of pyridine rings is 2. The topological polar surface area (TPSA) is 191 Å². The van der Waals surface area contributed by atoms with Crippen molar-refractivity contribution in [3.8, 4) is 0 Å². The van der Waals surface area contributed by atoms with E-state index >= 15 is 0 Å². The van der Waals surface area contributed by atoms with Gasteiger partial charge >= 0.3 is 36.4 Å². The number of carboxylic acid groups (broad SMARTS) is 3. The molecule has 4 heterocycles. The molecule has 1 saturated carbocycles. The number of nitrogens with zero attached hydrogens (tertiary/aromatic N) is 6. The molecule has 2 aliphatic rings.